The summed E-state index contributed by atoms with van der Waals surface area (Å²) in [7, 11) is 0. The average Bonchev–Trinajstić information content (AvgIpc) is 2.58. The Morgan fingerprint density at radius 1 is 1.24 bits per heavy atom. The van der Waals surface area contributed by atoms with Gasteiger partial charge in [-0.25, -0.2) is 4.79 Å². The molecule has 0 saturated carbocycles. The SMILES string of the molecule is CCOC(=O)c1ccc(OC2CC(C)(C)OC2(C)C)cc1. The van der Waals surface area contributed by atoms with Crippen LogP contribution in [0.15, 0.2) is 24.3 Å². The van der Waals surface area contributed by atoms with Crippen molar-refractivity contribution in [2.75, 3.05) is 6.61 Å². The molecule has 0 bridgehead atoms. The maximum absolute atomic E-state index is 11.6. The monoisotopic (exact) mass is 292 g/mol. The first-order valence-corrected chi connectivity index (χ1v) is 7.37. The van der Waals surface area contributed by atoms with Gasteiger partial charge in [-0.1, -0.05) is 0 Å². The normalized spacial score (nSPS) is 22.8. The van der Waals surface area contributed by atoms with Crippen LogP contribution in [-0.4, -0.2) is 29.9 Å². The minimum absolute atomic E-state index is 0.0130. The Labute approximate surface area is 126 Å². The molecule has 116 valence electrons. The number of hydrogen-bond donors (Lipinski definition) is 0. The van der Waals surface area contributed by atoms with Gasteiger partial charge in [-0.2, -0.15) is 0 Å². The summed E-state index contributed by atoms with van der Waals surface area (Å²) in [6.45, 7) is 10.4. The fourth-order valence-electron chi connectivity index (χ4n) is 2.74. The van der Waals surface area contributed by atoms with Crippen molar-refractivity contribution in [3.63, 3.8) is 0 Å². The van der Waals surface area contributed by atoms with Gasteiger partial charge in [0.05, 0.1) is 17.8 Å². The molecular formula is C17H24O4. The zero-order chi connectivity index (χ0) is 15.7. The summed E-state index contributed by atoms with van der Waals surface area (Å²) in [5, 5.41) is 0. The van der Waals surface area contributed by atoms with E-state index in [1.165, 1.54) is 0 Å². The second-order valence-electron chi connectivity index (χ2n) is 6.52. The van der Waals surface area contributed by atoms with E-state index in [0.29, 0.717) is 12.2 Å². The molecule has 0 aromatic heterocycles. The number of carbonyl (C=O) groups is 1. The average molecular weight is 292 g/mol. The van der Waals surface area contributed by atoms with Crippen molar-refractivity contribution in [2.24, 2.45) is 0 Å². The number of ether oxygens (including phenoxy) is 3. The van der Waals surface area contributed by atoms with Gasteiger partial charge < -0.3 is 14.2 Å². The standard InChI is InChI=1S/C17H24O4/c1-6-19-15(18)12-7-9-13(10-8-12)20-14-11-16(2,3)21-17(14,4)5/h7-10,14H,6,11H2,1-5H3. The third kappa shape index (κ3) is 3.76. The molecule has 1 fully saturated rings. The molecule has 4 nitrogen and oxygen atoms in total. The van der Waals surface area contributed by atoms with Gasteiger partial charge in [0.2, 0.25) is 0 Å². The number of carbonyl (C=O) groups excluding carboxylic acids is 1. The molecule has 0 N–H and O–H groups in total. The quantitative estimate of drug-likeness (QED) is 0.796. The van der Waals surface area contributed by atoms with Gasteiger partial charge in [0.15, 0.2) is 0 Å². The summed E-state index contributed by atoms with van der Waals surface area (Å²) in [6.07, 6.45) is 0.820. The molecule has 2 rings (SSSR count). The Balaban J connectivity index is 2.05. The highest BCUT2D eigenvalue weighted by Gasteiger charge is 2.47. The van der Waals surface area contributed by atoms with Gasteiger partial charge in [-0.15, -0.1) is 0 Å². The second-order valence-corrected chi connectivity index (χ2v) is 6.52. The van der Waals surface area contributed by atoms with E-state index in [4.69, 9.17) is 14.2 Å². The Hall–Kier alpha value is -1.55. The van der Waals surface area contributed by atoms with Crippen molar-refractivity contribution in [1.82, 2.24) is 0 Å². The van der Waals surface area contributed by atoms with E-state index in [1.807, 2.05) is 13.8 Å². The minimum Gasteiger partial charge on any atom is -0.487 e. The molecule has 1 aliphatic heterocycles. The van der Waals surface area contributed by atoms with Crippen LogP contribution in [-0.2, 0) is 9.47 Å². The van der Waals surface area contributed by atoms with Crippen LogP contribution in [0.5, 0.6) is 5.75 Å². The first kappa shape index (κ1) is 15.8. The largest absolute Gasteiger partial charge is 0.487 e. The van der Waals surface area contributed by atoms with Gasteiger partial charge in [0.1, 0.15) is 17.5 Å². The highest BCUT2D eigenvalue weighted by molar-refractivity contribution is 5.89. The van der Waals surface area contributed by atoms with Gasteiger partial charge in [-0.3, -0.25) is 0 Å². The Morgan fingerprint density at radius 2 is 1.86 bits per heavy atom. The van der Waals surface area contributed by atoms with Gasteiger partial charge in [0, 0.05) is 6.42 Å². The van der Waals surface area contributed by atoms with Gasteiger partial charge in [0.25, 0.3) is 0 Å². The highest BCUT2D eigenvalue weighted by Crippen LogP contribution is 2.39. The maximum atomic E-state index is 11.6. The smallest absolute Gasteiger partial charge is 0.338 e. The molecule has 21 heavy (non-hydrogen) atoms. The number of hydrogen-bond acceptors (Lipinski definition) is 4. The molecule has 0 aliphatic carbocycles. The summed E-state index contributed by atoms with van der Waals surface area (Å²) < 4.78 is 17.0. The first-order valence-electron chi connectivity index (χ1n) is 7.37. The van der Waals surface area contributed by atoms with E-state index >= 15 is 0 Å². The topological polar surface area (TPSA) is 44.8 Å². The van der Waals surface area contributed by atoms with Crippen molar-refractivity contribution < 1.29 is 19.0 Å². The number of rotatable bonds is 4. The molecule has 0 spiro atoms. The van der Waals surface area contributed by atoms with E-state index in [9.17, 15) is 4.79 Å². The predicted molar refractivity (Wildman–Crippen MR) is 80.7 cm³/mol. The van der Waals surface area contributed by atoms with E-state index in [-0.39, 0.29) is 23.3 Å². The minimum atomic E-state index is -0.330. The van der Waals surface area contributed by atoms with Crippen LogP contribution in [0.3, 0.4) is 0 Å². The summed E-state index contributed by atoms with van der Waals surface area (Å²) >= 11 is 0. The van der Waals surface area contributed by atoms with Crippen molar-refractivity contribution in [3.8, 4) is 5.75 Å². The summed E-state index contributed by atoms with van der Waals surface area (Å²) in [6, 6.07) is 7.05. The Morgan fingerprint density at radius 3 is 2.33 bits per heavy atom. The van der Waals surface area contributed by atoms with Crippen molar-refractivity contribution in [3.05, 3.63) is 29.8 Å². The molecule has 1 aromatic rings. The molecule has 1 heterocycles. The zero-order valence-electron chi connectivity index (χ0n) is 13.4. The number of benzene rings is 1. The molecule has 1 aromatic carbocycles. The molecule has 0 amide bonds. The second kappa shape index (κ2) is 5.68. The molecule has 0 radical (unpaired) electrons. The van der Waals surface area contributed by atoms with E-state index < -0.39 is 0 Å². The molecule has 1 aliphatic rings. The first-order chi connectivity index (χ1) is 9.73. The third-order valence-corrected chi connectivity index (χ3v) is 3.64. The molecule has 1 unspecified atom stereocenters. The van der Waals surface area contributed by atoms with Gasteiger partial charge >= 0.3 is 5.97 Å². The summed E-state index contributed by atoms with van der Waals surface area (Å²) in [4.78, 5) is 11.6. The lowest BCUT2D eigenvalue weighted by atomic mass is 9.97. The Kier molecular flexibility index (Phi) is 4.28. The van der Waals surface area contributed by atoms with Gasteiger partial charge in [-0.05, 0) is 58.9 Å². The highest BCUT2D eigenvalue weighted by atomic mass is 16.6. The fraction of sp³-hybridized carbons (Fsp3) is 0.588. The lowest BCUT2D eigenvalue weighted by molar-refractivity contribution is -0.0846. The molecular weight excluding hydrogens is 268 g/mol. The molecule has 1 atom stereocenters. The van der Waals surface area contributed by atoms with Crippen LogP contribution in [0.2, 0.25) is 0 Å². The third-order valence-electron chi connectivity index (χ3n) is 3.64. The fourth-order valence-corrected chi connectivity index (χ4v) is 2.74. The lowest BCUT2D eigenvalue weighted by Crippen LogP contribution is -2.36. The van der Waals surface area contributed by atoms with Crippen LogP contribution in [0, 0.1) is 0 Å². The van der Waals surface area contributed by atoms with Crippen LogP contribution >= 0.6 is 0 Å². The van der Waals surface area contributed by atoms with E-state index in [1.54, 1.807) is 31.2 Å². The lowest BCUT2D eigenvalue weighted by Gasteiger charge is -2.27. The molecule has 4 heteroatoms. The van der Waals surface area contributed by atoms with Crippen molar-refractivity contribution >= 4 is 5.97 Å². The maximum Gasteiger partial charge on any atom is 0.338 e. The van der Waals surface area contributed by atoms with E-state index in [2.05, 4.69) is 13.8 Å². The number of esters is 1. The van der Waals surface area contributed by atoms with Crippen molar-refractivity contribution in [1.29, 1.82) is 0 Å². The van der Waals surface area contributed by atoms with Crippen LogP contribution < -0.4 is 4.74 Å². The Bertz CT molecular complexity index is 502. The zero-order valence-corrected chi connectivity index (χ0v) is 13.4. The molecule has 1 saturated heterocycles. The summed E-state index contributed by atoms with van der Waals surface area (Å²) in [5.41, 5.74) is 0.0222. The van der Waals surface area contributed by atoms with Crippen molar-refractivity contribution in [2.45, 2.75) is 58.3 Å². The predicted octanol–water partition coefficient (Wildman–Crippen LogP) is 3.59. The van der Waals surface area contributed by atoms with E-state index in [0.717, 1.165) is 12.2 Å². The van der Waals surface area contributed by atoms with Crippen LogP contribution in [0.1, 0.15) is 51.4 Å². The van der Waals surface area contributed by atoms with Crippen LogP contribution in [0.25, 0.3) is 0 Å². The summed E-state index contributed by atoms with van der Waals surface area (Å²) in [5.74, 6) is 0.428. The van der Waals surface area contributed by atoms with Crippen LogP contribution in [0.4, 0.5) is 0 Å².